The molecule has 1 atom stereocenters. The van der Waals surface area contributed by atoms with E-state index in [4.69, 9.17) is 4.74 Å². The van der Waals surface area contributed by atoms with Crippen molar-refractivity contribution >= 4 is 40.0 Å². The van der Waals surface area contributed by atoms with Crippen molar-refractivity contribution in [3.63, 3.8) is 0 Å². The molecule has 0 aromatic heterocycles. The van der Waals surface area contributed by atoms with E-state index in [0.717, 1.165) is 13.2 Å². The molecule has 1 unspecified atom stereocenters. The van der Waals surface area contributed by atoms with Crippen LogP contribution < -0.4 is 9.80 Å². The molecule has 2 aromatic rings. The molecule has 2 aliphatic rings. The monoisotopic (exact) mass is 460 g/mol. The minimum atomic E-state index is -0.417. The van der Waals surface area contributed by atoms with Gasteiger partial charge >= 0.3 is 0 Å². The fourth-order valence-corrected chi connectivity index (χ4v) is 4.72. The molecule has 0 N–H and O–H groups in total. The third-order valence-corrected chi connectivity index (χ3v) is 6.44. The quantitative estimate of drug-likeness (QED) is 0.607. The number of nitrogens with zero attached hydrogens (tertiary/aromatic N) is 2. The second kappa shape index (κ2) is 6.27. The van der Waals surface area contributed by atoms with Gasteiger partial charge in [-0.05, 0) is 70.1 Å². The number of ether oxygens (including phenoxy) is 1. The van der Waals surface area contributed by atoms with E-state index in [9.17, 15) is 0 Å². The van der Waals surface area contributed by atoms with Crippen LogP contribution in [0.4, 0.5) is 11.4 Å². The summed E-state index contributed by atoms with van der Waals surface area (Å²) in [5.74, 6) is 0. The minimum Gasteiger partial charge on any atom is -0.378 e. The topological polar surface area (TPSA) is 15.7 Å². The Kier molecular flexibility index (Phi) is 4.31. The first-order valence-corrected chi connectivity index (χ1v) is 10.1. The van der Waals surface area contributed by atoms with Crippen molar-refractivity contribution in [2.24, 2.45) is 0 Å². The second-order valence-corrected chi connectivity index (χ2v) is 9.05. The standard InChI is InChI=1S/C22H25IN2O/c1-21(2)19-15-17(23)7-10-20(19)25-13-14-26-22(21,25)12-11-16-5-8-18(9-6-16)24(3)4/h5-12,15H,13-14H2,1-4H3. The van der Waals surface area contributed by atoms with Gasteiger partial charge in [-0.3, -0.25) is 0 Å². The van der Waals surface area contributed by atoms with Crippen LogP contribution in [0, 0.1) is 3.57 Å². The molecule has 1 fully saturated rings. The van der Waals surface area contributed by atoms with Crippen molar-refractivity contribution in [3.05, 3.63) is 63.2 Å². The van der Waals surface area contributed by atoms with Crippen molar-refractivity contribution in [2.75, 3.05) is 37.0 Å². The Morgan fingerprint density at radius 1 is 1.12 bits per heavy atom. The molecule has 2 aromatic carbocycles. The lowest BCUT2D eigenvalue weighted by Crippen LogP contribution is -2.51. The molecular weight excluding hydrogens is 435 g/mol. The molecule has 2 aliphatic heterocycles. The Morgan fingerprint density at radius 2 is 1.85 bits per heavy atom. The van der Waals surface area contributed by atoms with E-state index in [-0.39, 0.29) is 5.41 Å². The van der Waals surface area contributed by atoms with E-state index in [1.807, 2.05) is 0 Å². The predicted molar refractivity (Wildman–Crippen MR) is 118 cm³/mol. The fourth-order valence-electron chi connectivity index (χ4n) is 4.23. The normalized spacial score (nSPS) is 23.3. The Hall–Kier alpha value is -1.53. The molecule has 3 nitrogen and oxygen atoms in total. The molecular formula is C22H25IN2O. The van der Waals surface area contributed by atoms with Crippen LogP contribution in [0.25, 0.3) is 6.08 Å². The Morgan fingerprint density at radius 3 is 2.54 bits per heavy atom. The van der Waals surface area contributed by atoms with Gasteiger partial charge in [0.1, 0.15) is 0 Å². The molecule has 0 amide bonds. The molecule has 0 aliphatic carbocycles. The first-order valence-electron chi connectivity index (χ1n) is 9.03. The van der Waals surface area contributed by atoms with E-state index in [1.165, 1.54) is 26.1 Å². The van der Waals surface area contributed by atoms with E-state index < -0.39 is 5.72 Å². The zero-order valence-electron chi connectivity index (χ0n) is 15.8. The first-order chi connectivity index (χ1) is 12.3. The van der Waals surface area contributed by atoms with Gasteiger partial charge in [-0.25, -0.2) is 0 Å². The number of fused-ring (bicyclic) bond motifs is 3. The molecule has 4 heteroatoms. The van der Waals surface area contributed by atoms with Gasteiger partial charge in [-0.1, -0.05) is 32.1 Å². The van der Waals surface area contributed by atoms with E-state index in [0.29, 0.717) is 0 Å². The number of anilines is 2. The molecule has 26 heavy (non-hydrogen) atoms. The SMILES string of the molecule is CN(C)c1ccc(C=CC23OCCN2c2ccc(I)cc2C3(C)C)cc1. The highest BCUT2D eigenvalue weighted by molar-refractivity contribution is 14.1. The van der Waals surface area contributed by atoms with E-state index in [1.54, 1.807) is 0 Å². The van der Waals surface area contributed by atoms with Gasteiger partial charge in [0, 0.05) is 41.0 Å². The lowest BCUT2D eigenvalue weighted by molar-refractivity contribution is 0.000325. The van der Waals surface area contributed by atoms with Crippen LogP contribution in [-0.2, 0) is 10.2 Å². The molecule has 0 saturated carbocycles. The summed E-state index contributed by atoms with van der Waals surface area (Å²) in [5, 5.41) is 0. The number of rotatable bonds is 3. The minimum absolute atomic E-state index is 0.111. The van der Waals surface area contributed by atoms with Crippen LogP contribution in [-0.4, -0.2) is 33.0 Å². The Labute approximate surface area is 169 Å². The van der Waals surface area contributed by atoms with Crippen LogP contribution in [0.5, 0.6) is 0 Å². The van der Waals surface area contributed by atoms with E-state index >= 15 is 0 Å². The summed E-state index contributed by atoms with van der Waals surface area (Å²) in [6, 6.07) is 15.4. The highest BCUT2D eigenvalue weighted by Gasteiger charge is 2.59. The Balaban J connectivity index is 1.73. The third kappa shape index (κ3) is 2.57. The zero-order chi connectivity index (χ0) is 18.5. The number of benzene rings is 2. The van der Waals surface area contributed by atoms with Crippen LogP contribution in [0.15, 0.2) is 48.5 Å². The summed E-state index contributed by atoms with van der Waals surface area (Å²) in [6.45, 7) is 6.29. The average molecular weight is 460 g/mol. The maximum atomic E-state index is 6.41. The van der Waals surface area contributed by atoms with Gasteiger partial charge in [-0.2, -0.15) is 0 Å². The maximum Gasteiger partial charge on any atom is 0.170 e. The second-order valence-electron chi connectivity index (χ2n) is 7.80. The smallest absolute Gasteiger partial charge is 0.170 e. The molecule has 4 rings (SSSR count). The Bertz CT molecular complexity index is 857. The summed E-state index contributed by atoms with van der Waals surface area (Å²) in [5.41, 5.74) is 4.56. The lowest BCUT2D eigenvalue weighted by atomic mass is 9.77. The maximum absolute atomic E-state index is 6.41. The van der Waals surface area contributed by atoms with Gasteiger partial charge in [0.2, 0.25) is 0 Å². The van der Waals surface area contributed by atoms with Crippen LogP contribution >= 0.6 is 22.6 Å². The van der Waals surface area contributed by atoms with Gasteiger partial charge in [0.15, 0.2) is 5.72 Å². The summed E-state index contributed by atoms with van der Waals surface area (Å²) in [4.78, 5) is 4.55. The largest absolute Gasteiger partial charge is 0.378 e. The van der Waals surface area contributed by atoms with Crippen molar-refractivity contribution in [3.8, 4) is 0 Å². The van der Waals surface area contributed by atoms with Crippen molar-refractivity contribution in [1.82, 2.24) is 0 Å². The third-order valence-electron chi connectivity index (χ3n) is 5.77. The lowest BCUT2D eigenvalue weighted by Gasteiger charge is -2.39. The fraction of sp³-hybridized carbons (Fsp3) is 0.364. The number of hydrogen-bond acceptors (Lipinski definition) is 3. The van der Waals surface area contributed by atoms with Gasteiger partial charge < -0.3 is 14.5 Å². The highest BCUT2D eigenvalue weighted by Crippen LogP contribution is 2.55. The number of halogens is 1. The molecule has 1 saturated heterocycles. The van der Waals surface area contributed by atoms with Crippen LogP contribution in [0.2, 0.25) is 0 Å². The molecule has 0 spiro atoms. The van der Waals surface area contributed by atoms with Crippen molar-refractivity contribution < 1.29 is 4.74 Å². The summed E-state index contributed by atoms with van der Waals surface area (Å²) >= 11 is 2.40. The molecule has 0 radical (unpaired) electrons. The molecule has 2 heterocycles. The summed E-state index contributed by atoms with van der Waals surface area (Å²) in [6.07, 6.45) is 4.47. The molecule has 136 valence electrons. The van der Waals surface area contributed by atoms with Gasteiger partial charge in [0.05, 0.1) is 6.61 Å². The number of hydrogen-bond donors (Lipinski definition) is 0. The van der Waals surface area contributed by atoms with Gasteiger partial charge in [-0.15, -0.1) is 0 Å². The predicted octanol–water partition coefficient (Wildman–Crippen LogP) is 4.89. The van der Waals surface area contributed by atoms with Crippen LogP contribution in [0.3, 0.4) is 0 Å². The van der Waals surface area contributed by atoms with Crippen LogP contribution in [0.1, 0.15) is 25.0 Å². The average Bonchev–Trinajstić information content (AvgIpc) is 3.11. The zero-order valence-corrected chi connectivity index (χ0v) is 17.9. The van der Waals surface area contributed by atoms with Crippen molar-refractivity contribution in [2.45, 2.75) is 25.0 Å². The highest BCUT2D eigenvalue weighted by atomic mass is 127. The van der Waals surface area contributed by atoms with Crippen molar-refractivity contribution in [1.29, 1.82) is 0 Å². The van der Waals surface area contributed by atoms with E-state index in [2.05, 4.69) is 115 Å². The molecule has 0 bridgehead atoms. The van der Waals surface area contributed by atoms with Gasteiger partial charge in [0.25, 0.3) is 0 Å². The summed E-state index contributed by atoms with van der Waals surface area (Å²) in [7, 11) is 4.13. The summed E-state index contributed by atoms with van der Waals surface area (Å²) < 4.78 is 7.69. The first kappa shape index (κ1) is 17.9.